The molecule has 0 fully saturated rings. The molecule has 2 heterocycles. The van der Waals surface area contributed by atoms with Crippen molar-refractivity contribution >= 4 is 11.0 Å². The van der Waals surface area contributed by atoms with Crippen LogP contribution in [0.25, 0.3) is 33.4 Å². The predicted octanol–water partition coefficient (Wildman–Crippen LogP) is 5.54. The molecule has 1 aliphatic rings. The average Bonchev–Trinajstić information content (AvgIpc) is 3.51. The van der Waals surface area contributed by atoms with E-state index in [-0.39, 0.29) is 6.79 Å². The molecule has 0 saturated carbocycles. The lowest BCUT2D eigenvalue weighted by molar-refractivity contribution is 0.174. The van der Waals surface area contributed by atoms with Crippen LogP contribution in [-0.4, -0.2) is 42.3 Å². The lowest BCUT2D eigenvalue weighted by Gasteiger charge is -2.15. The fourth-order valence-corrected chi connectivity index (χ4v) is 4.19. The van der Waals surface area contributed by atoms with Crippen molar-refractivity contribution in [3.63, 3.8) is 0 Å². The third-order valence-electron chi connectivity index (χ3n) is 5.77. The molecule has 0 radical (unpaired) electrons. The van der Waals surface area contributed by atoms with Gasteiger partial charge in [0.1, 0.15) is 22.8 Å². The summed E-state index contributed by atoms with van der Waals surface area (Å²) in [6, 6.07) is 13.1. The van der Waals surface area contributed by atoms with Gasteiger partial charge in [0.15, 0.2) is 23.0 Å². The van der Waals surface area contributed by atoms with Crippen LogP contribution in [0.2, 0.25) is 0 Å². The summed E-state index contributed by atoms with van der Waals surface area (Å²) in [6.07, 6.45) is 0. The number of benzene rings is 3. The maximum absolute atomic E-state index is 6.42. The van der Waals surface area contributed by atoms with Crippen LogP contribution >= 0.6 is 0 Å². The van der Waals surface area contributed by atoms with Gasteiger partial charge in [0.05, 0.1) is 40.9 Å². The number of fused-ring (bicyclic) bond motifs is 2. The maximum atomic E-state index is 6.42. The summed E-state index contributed by atoms with van der Waals surface area (Å²) in [4.78, 5) is 0. The van der Waals surface area contributed by atoms with Crippen molar-refractivity contribution in [2.24, 2.45) is 0 Å². The van der Waals surface area contributed by atoms with E-state index < -0.39 is 0 Å². The largest absolute Gasteiger partial charge is 0.496 e. The first-order chi connectivity index (χ1) is 16.6. The van der Waals surface area contributed by atoms with E-state index in [0.29, 0.717) is 51.6 Å². The molecule has 0 saturated heterocycles. The number of furan rings is 1. The van der Waals surface area contributed by atoms with Crippen molar-refractivity contribution in [2.45, 2.75) is 0 Å². The van der Waals surface area contributed by atoms with Gasteiger partial charge >= 0.3 is 0 Å². The summed E-state index contributed by atoms with van der Waals surface area (Å²) in [5.41, 5.74) is 3.01. The molecule has 0 N–H and O–H groups in total. The lowest BCUT2D eigenvalue weighted by atomic mass is 9.97. The Kier molecular flexibility index (Phi) is 5.49. The Balaban J connectivity index is 1.85. The summed E-state index contributed by atoms with van der Waals surface area (Å²) < 4.78 is 45.4. The van der Waals surface area contributed by atoms with Crippen molar-refractivity contribution in [1.29, 1.82) is 0 Å². The summed E-state index contributed by atoms with van der Waals surface area (Å²) in [7, 11) is 7.95. The van der Waals surface area contributed by atoms with Gasteiger partial charge in [0.2, 0.25) is 12.5 Å². The summed E-state index contributed by atoms with van der Waals surface area (Å²) in [5, 5.41) is 0.783. The van der Waals surface area contributed by atoms with Gasteiger partial charge < -0.3 is 37.6 Å². The Hall–Kier alpha value is -4.20. The van der Waals surface area contributed by atoms with Crippen molar-refractivity contribution in [1.82, 2.24) is 0 Å². The molecule has 0 unspecified atom stereocenters. The van der Waals surface area contributed by atoms with Gasteiger partial charge in [0, 0.05) is 23.3 Å². The van der Waals surface area contributed by atoms with Crippen molar-refractivity contribution in [3.8, 4) is 62.7 Å². The van der Waals surface area contributed by atoms with Crippen LogP contribution in [0.4, 0.5) is 0 Å². The first-order valence-electron chi connectivity index (χ1n) is 10.5. The van der Waals surface area contributed by atoms with Gasteiger partial charge in [-0.2, -0.15) is 0 Å². The highest BCUT2D eigenvalue weighted by Gasteiger charge is 2.26. The maximum Gasteiger partial charge on any atom is 0.231 e. The molecule has 0 bridgehead atoms. The molecule has 0 amide bonds. The molecule has 0 spiro atoms. The Morgan fingerprint density at radius 3 is 2.00 bits per heavy atom. The zero-order chi connectivity index (χ0) is 23.8. The molecule has 1 aromatic heterocycles. The molecule has 1 aliphatic heterocycles. The second-order valence-corrected chi connectivity index (χ2v) is 7.49. The molecule has 5 rings (SSSR count). The van der Waals surface area contributed by atoms with E-state index in [2.05, 4.69) is 0 Å². The Labute approximate surface area is 196 Å². The number of hydrogen-bond donors (Lipinski definition) is 0. The standard InChI is InChI=1S/C26H24O8/c1-27-16-11-19(28-2)24-20(12-16)34-25(14-6-7-17-18(8-14)33-13-32-17)23(24)15-9-21(29-3)26(31-5)22(10-15)30-4/h6-12H,13H2,1-5H3. The number of rotatable bonds is 7. The third kappa shape index (κ3) is 3.39. The minimum atomic E-state index is 0.184. The van der Waals surface area contributed by atoms with Gasteiger partial charge in [-0.1, -0.05) is 0 Å². The lowest BCUT2D eigenvalue weighted by Crippen LogP contribution is -1.96. The molecule has 8 nitrogen and oxygen atoms in total. The van der Waals surface area contributed by atoms with Crippen LogP contribution < -0.4 is 33.2 Å². The molecule has 3 aromatic carbocycles. The van der Waals surface area contributed by atoms with E-state index in [4.69, 9.17) is 37.6 Å². The van der Waals surface area contributed by atoms with Crippen molar-refractivity contribution < 1.29 is 37.6 Å². The number of methoxy groups -OCH3 is 5. The van der Waals surface area contributed by atoms with Crippen LogP contribution in [0.15, 0.2) is 46.9 Å². The fraction of sp³-hybridized carbons (Fsp3) is 0.231. The molecule has 8 heteroatoms. The van der Waals surface area contributed by atoms with Crippen LogP contribution in [0, 0.1) is 0 Å². The van der Waals surface area contributed by atoms with Gasteiger partial charge in [-0.25, -0.2) is 0 Å². The first kappa shape index (κ1) is 21.6. The smallest absolute Gasteiger partial charge is 0.231 e. The van der Waals surface area contributed by atoms with E-state index in [9.17, 15) is 0 Å². The zero-order valence-corrected chi connectivity index (χ0v) is 19.5. The van der Waals surface area contributed by atoms with E-state index in [1.807, 2.05) is 42.5 Å². The third-order valence-corrected chi connectivity index (χ3v) is 5.77. The van der Waals surface area contributed by atoms with Crippen LogP contribution in [0.5, 0.6) is 40.2 Å². The monoisotopic (exact) mass is 464 g/mol. The molecule has 34 heavy (non-hydrogen) atoms. The average molecular weight is 464 g/mol. The molecule has 4 aromatic rings. The van der Waals surface area contributed by atoms with E-state index in [0.717, 1.165) is 22.1 Å². The second kappa shape index (κ2) is 8.62. The summed E-state index contributed by atoms with van der Waals surface area (Å²) in [6.45, 7) is 0.184. The molecular formula is C26H24O8. The van der Waals surface area contributed by atoms with E-state index in [1.54, 1.807) is 35.5 Å². The highest BCUT2D eigenvalue weighted by Crippen LogP contribution is 2.50. The highest BCUT2D eigenvalue weighted by molar-refractivity contribution is 6.06. The van der Waals surface area contributed by atoms with E-state index >= 15 is 0 Å². The Morgan fingerprint density at radius 1 is 0.647 bits per heavy atom. The minimum Gasteiger partial charge on any atom is -0.496 e. The molecular weight excluding hydrogens is 440 g/mol. The molecule has 176 valence electrons. The van der Waals surface area contributed by atoms with Crippen molar-refractivity contribution in [2.75, 3.05) is 42.3 Å². The predicted molar refractivity (Wildman–Crippen MR) is 126 cm³/mol. The quantitative estimate of drug-likeness (QED) is 0.353. The summed E-state index contributed by atoms with van der Waals surface area (Å²) in [5.74, 6) is 4.73. The van der Waals surface area contributed by atoms with Gasteiger partial charge in [-0.3, -0.25) is 0 Å². The Bertz CT molecular complexity index is 1350. The SMILES string of the molecule is COc1cc(OC)c2c(-c3cc(OC)c(OC)c(OC)c3)c(-c3ccc4c(c3)OCO4)oc2c1. The molecule has 0 aliphatic carbocycles. The van der Waals surface area contributed by atoms with E-state index in [1.165, 1.54) is 0 Å². The summed E-state index contributed by atoms with van der Waals surface area (Å²) >= 11 is 0. The van der Waals surface area contributed by atoms with Crippen LogP contribution in [0.1, 0.15) is 0 Å². The number of ether oxygens (including phenoxy) is 7. The number of hydrogen-bond acceptors (Lipinski definition) is 8. The minimum absolute atomic E-state index is 0.184. The van der Waals surface area contributed by atoms with Gasteiger partial charge in [-0.05, 0) is 35.9 Å². The van der Waals surface area contributed by atoms with Gasteiger partial charge in [-0.15, -0.1) is 0 Å². The second-order valence-electron chi connectivity index (χ2n) is 7.49. The highest BCUT2D eigenvalue weighted by atomic mass is 16.7. The Morgan fingerprint density at radius 2 is 1.35 bits per heavy atom. The van der Waals surface area contributed by atoms with Crippen LogP contribution in [0.3, 0.4) is 0 Å². The first-order valence-corrected chi connectivity index (χ1v) is 10.5. The molecule has 0 atom stereocenters. The topological polar surface area (TPSA) is 77.8 Å². The normalized spacial score (nSPS) is 12.0. The fourth-order valence-electron chi connectivity index (χ4n) is 4.19. The van der Waals surface area contributed by atoms with Crippen molar-refractivity contribution in [3.05, 3.63) is 42.5 Å². The van der Waals surface area contributed by atoms with Crippen LogP contribution in [-0.2, 0) is 0 Å². The zero-order valence-electron chi connectivity index (χ0n) is 19.5. The van der Waals surface area contributed by atoms with Gasteiger partial charge in [0.25, 0.3) is 0 Å².